The van der Waals surface area contributed by atoms with Gasteiger partial charge in [0.05, 0.1) is 0 Å². The smallest absolute Gasteiger partial charge is 0.225 e. The number of pyridine rings is 1. The topological polar surface area (TPSA) is 42.0 Å². The first kappa shape index (κ1) is 17.4. The van der Waals surface area contributed by atoms with Crippen LogP contribution in [0.4, 0.5) is 10.2 Å². The van der Waals surface area contributed by atoms with Gasteiger partial charge in [-0.15, -0.1) is 11.8 Å². The minimum Gasteiger partial charge on any atom is -0.310 e. The minimum atomic E-state index is -0.237. The maximum absolute atomic E-state index is 12.9. The van der Waals surface area contributed by atoms with Crippen LogP contribution in [0.5, 0.6) is 0 Å². The van der Waals surface area contributed by atoms with E-state index in [2.05, 4.69) is 17.2 Å². The minimum absolute atomic E-state index is 0.0459. The highest BCUT2D eigenvalue weighted by atomic mass is 32.2. The summed E-state index contributed by atoms with van der Waals surface area (Å²) < 4.78 is 12.9. The Kier molecular flexibility index (Phi) is 5.66. The van der Waals surface area contributed by atoms with Crippen LogP contribution in [0.25, 0.3) is 10.8 Å². The highest BCUT2D eigenvalue weighted by Gasteiger charge is 2.10. The molecular weight excluding hydrogens is 335 g/mol. The monoisotopic (exact) mass is 354 g/mol. The molecule has 5 heteroatoms. The number of nitrogens with zero attached hydrogens (tertiary/aromatic N) is 1. The molecule has 3 nitrogen and oxygen atoms in total. The van der Waals surface area contributed by atoms with E-state index in [0.717, 1.165) is 22.1 Å². The zero-order valence-electron chi connectivity index (χ0n) is 13.9. The first-order valence-corrected chi connectivity index (χ1v) is 9.05. The number of amides is 1. The Balaban J connectivity index is 1.54. The van der Waals surface area contributed by atoms with Crippen molar-refractivity contribution in [1.82, 2.24) is 4.98 Å². The van der Waals surface area contributed by atoms with Crippen LogP contribution >= 0.6 is 11.8 Å². The molecule has 1 amide bonds. The number of rotatable bonds is 6. The predicted molar refractivity (Wildman–Crippen MR) is 101 cm³/mol. The van der Waals surface area contributed by atoms with Crippen LogP contribution in [-0.2, 0) is 4.79 Å². The molecule has 1 N–H and O–H groups in total. The number of nitrogens with one attached hydrogen (secondary N) is 1. The van der Waals surface area contributed by atoms with Gasteiger partial charge in [-0.05, 0) is 42.1 Å². The number of hydrogen-bond donors (Lipinski definition) is 1. The molecule has 2 aromatic carbocycles. The third-order valence-corrected chi connectivity index (χ3v) is 5.04. The van der Waals surface area contributed by atoms with Crippen molar-refractivity contribution in [2.75, 3.05) is 5.32 Å². The summed E-state index contributed by atoms with van der Waals surface area (Å²) in [7, 11) is 0. The predicted octanol–water partition coefficient (Wildman–Crippen LogP) is 5.27. The summed E-state index contributed by atoms with van der Waals surface area (Å²) in [6, 6.07) is 16.2. The number of fused-ring (bicyclic) bond motifs is 1. The van der Waals surface area contributed by atoms with Gasteiger partial charge >= 0.3 is 0 Å². The van der Waals surface area contributed by atoms with E-state index in [4.69, 9.17) is 0 Å². The first-order valence-electron chi connectivity index (χ1n) is 8.17. The summed E-state index contributed by atoms with van der Waals surface area (Å²) in [4.78, 5) is 17.5. The maximum atomic E-state index is 12.9. The van der Waals surface area contributed by atoms with Crippen LogP contribution < -0.4 is 5.32 Å². The fraction of sp³-hybridized carbons (Fsp3) is 0.200. The van der Waals surface area contributed by atoms with Gasteiger partial charge in [0.25, 0.3) is 0 Å². The number of halogens is 1. The van der Waals surface area contributed by atoms with Gasteiger partial charge in [-0.1, -0.05) is 31.2 Å². The number of hydrogen-bond acceptors (Lipinski definition) is 3. The van der Waals surface area contributed by atoms with Gasteiger partial charge in [-0.2, -0.15) is 0 Å². The van der Waals surface area contributed by atoms with Crippen LogP contribution in [0.1, 0.15) is 19.8 Å². The molecular formula is C20H19FN2OS. The van der Waals surface area contributed by atoms with Crippen LogP contribution in [0.2, 0.25) is 0 Å². The molecule has 0 aliphatic heterocycles. The van der Waals surface area contributed by atoms with Crippen molar-refractivity contribution in [2.24, 2.45) is 0 Å². The van der Waals surface area contributed by atoms with E-state index in [1.165, 1.54) is 12.1 Å². The number of carbonyl (C=O) groups excluding carboxylic acids is 1. The second-order valence-electron chi connectivity index (χ2n) is 5.85. The fourth-order valence-electron chi connectivity index (χ4n) is 2.55. The lowest BCUT2D eigenvalue weighted by atomic mass is 10.1. The molecule has 0 spiro atoms. The van der Waals surface area contributed by atoms with Crippen molar-refractivity contribution in [3.05, 3.63) is 66.6 Å². The van der Waals surface area contributed by atoms with Crippen molar-refractivity contribution in [1.29, 1.82) is 0 Å². The molecule has 25 heavy (non-hydrogen) atoms. The summed E-state index contributed by atoms with van der Waals surface area (Å²) >= 11 is 1.64. The zero-order chi connectivity index (χ0) is 17.6. The van der Waals surface area contributed by atoms with E-state index in [1.807, 2.05) is 30.3 Å². The summed E-state index contributed by atoms with van der Waals surface area (Å²) in [5.41, 5.74) is 0. The lowest BCUT2D eigenvalue weighted by molar-refractivity contribution is -0.116. The van der Waals surface area contributed by atoms with Gasteiger partial charge in [0.2, 0.25) is 5.91 Å². The summed E-state index contributed by atoms with van der Waals surface area (Å²) in [6.07, 6.45) is 2.85. The van der Waals surface area contributed by atoms with E-state index < -0.39 is 0 Å². The first-order chi connectivity index (χ1) is 12.1. The molecule has 128 valence electrons. The zero-order valence-corrected chi connectivity index (χ0v) is 14.7. The molecule has 0 saturated carbocycles. The van der Waals surface area contributed by atoms with Crippen LogP contribution in [-0.4, -0.2) is 16.1 Å². The molecule has 1 heterocycles. The Morgan fingerprint density at radius 1 is 1.16 bits per heavy atom. The van der Waals surface area contributed by atoms with Crippen LogP contribution in [0.15, 0.2) is 65.7 Å². The molecule has 0 aliphatic rings. The lowest BCUT2D eigenvalue weighted by Crippen LogP contribution is -2.14. The Bertz CT molecular complexity index is 862. The number of benzene rings is 2. The summed E-state index contributed by atoms with van der Waals surface area (Å²) in [6.45, 7) is 2.07. The number of aromatic nitrogens is 1. The van der Waals surface area contributed by atoms with Crippen molar-refractivity contribution in [3.63, 3.8) is 0 Å². The maximum Gasteiger partial charge on any atom is 0.225 e. The number of anilines is 1. The van der Waals surface area contributed by atoms with Crippen molar-refractivity contribution in [3.8, 4) is 0 Å². The van der Waals surface area contributed by atoms with Crippen molar-refractivity contribution >= 4 is 34.3 Å². The molecule has 3 aromatic rings. The summed E-state index contributed by atoms with van der Waals surface area (Å²) in [5, 5.41) is 5.15. The van der Waals surface area contributed by atoms with Gasteiger partial charge in [0, 0.05) is 28.1 Å². The lowest BCUT2D eigenvalue weighted by Gasteiger charge is -2.12. The van der Waals surface area contributed by atoms with Gasteiger partial charge in [-0.3, -0.25) is 4.79 Å². The Morgan fingerprint density at radius 3 is 2.72 bits per heavy atom. The molecule has 0 bridgehead atoms. The second-order valence-corrected chi connectivity index (χ2v) is 7.36. The highest BCUT2D eigenvalue weighted by molar-refractivity contribution is 7.99. The SMILES string of the molecule is CC(CCC(=O)Nc1nccc2ccccc12)Sc1ccc(F)cc1. The van der Waals surface area contributed by atoms with E-state index in [1.54, 1.807) is 30.1 Å². The molecule has 3 rings (SSSR count). The fourth-order valence-corrected chi connectivity index (χ4v) is 3.55. The summed E-state index contributed by atoms with van der Waals surface area (Å²) in [5.74, 6) is 0.316. The van der Waals surface area contributed by atoms with Gasteiger partial charge in [-0.25, -0.2) is 9.37 Å². The molecule has 0 saturated heterocycles. The van der Waals surface area contributed by atoms with E-state index in [0.29, 0.717) is 12.2 Å². The second kappa shape index (κ2) is 8.12. The Hall–Kier alpha value is -2.40. The molecule has 1 aromatic heterocycles. The normalized spacial score (nSPS) is 12.1. The molecule has 0 radical (unpaired) electrons. The standard InChI is InChI=1S/C20H19FN2OS/c1-14(25-17-9-7-16(21)8-10-17)6-11-19(24)23-20-18-5-3-2-4-15(18)12-13-22-20/h2-5,7-10,12-14H,6,11H2,1H3,(H,22,23,24). The Labute approximate surface area is 150 Å². The number of thioether (sulfide) groups is 1. The quantitative estimate of drug-likeness (QED) is 0.613. The van der Waals surface area contributed by atoms with Crippen molar-refractivity contribution in [2.45, 2.75) is 29.9 Å². The average molecular weight is 354 g/mol. The van der Waals surface area contributed by atoms with Crippen LogP contribution in [0, 0.1) is 5.82 Å². The highest BCUT2D eigenvalue weighted by Crippen LogP contribution is 2.26. The Morgan fingerprint density at radius 2 is 1.92 bits per heavy atom. The van der Waals surface area contributed by atoms with E-state index >= 15 is 0 Å². The van der Waals surface area contributed by atoms with Gasteiger partial charge in [0.1, 0.15) is 11.6 Å². The van der Waals surface area contributed by atoms with Crippen LogP contribution in [0.3, 0.4) is 0 Å². The molecule has 0 aliphatic carbocycles. The van der Waals surface area contributed by atoms with Crippen molar-refractivity contribution < 1.29 is 9.18 Å². The van der Waals surface area contributed by atoms with E-state index in [9.17, 15) is 9.18 Å². The molecule has 1 atom stereocenters. The molecule has 0 fully saturated rings. The largest absolute Gasteiger partial charge is 0.310 e. The molecule has 1 unspecified atom stereocenters. The average Bonchev–Trinajstić information content (AvgIpc) is 2.62. The third kappa shape index (κ3) is 4.79. The number of carbonyl (C=O) groups is 1. The van der Waals surface area contributed by atoms with E-state index in [-0.39, 0.29) is 17.0 Å². The third-order valence-electron chi connectivity index (χ3n) is 3.86. The van der Waals surface area contributed by atoms with Gasteiger partial charge < -0.3 is 5.32 Å². The van der Waals surface area contributed by atoms with Gasteiger partial charge in [0.15, 0.2) is 0 Å².